The average molecular weight is 441 g/mol. The van der Waals surface area contributed by atoms with Gasteiger partial charge in [0.05, 0.1) is 15.8 Å². The van der Waals surface area contributed by atoms with Crippen molar-refractivity contribution in [2.75, 3.05) is 11.1 Å². The molecule has 0 aliphatic rings. The van der Waals surface area contributed by atoms with E-state index in [-0.39, 0.29) is 11.7 Å². The Kier molecular flexibility index (Phi) is 6.48. The Hall–Kier alpha value is -1.94. The molecule has 0 radical (unpaired) electrons. The number of hydrogen-bond acceptors (Lipinski definition) is 7. The number of aromatic nitrogens is 5. The molecule has 1 aromatic carbocycles. The standard InChI is InChI=1S/C16H14Cl2N6OS2/c1-3-6-24-14(10-4-5-11(17)12(18)7-10)21-23-16(24)26-8-13(25)19-15-22-20-9(2)27-15/h3-5,7H,1,6,8H2,2H3,(H,19,22,25). The molecule has 1 amide bonds. The zero-order valence-electron chi connectivity index (χ0n) is 14.1. The van der Waals surface area contributed by atoms with E-state index in [9.17, 15) is 4.79 Å². The van der Waals surface area contributed by atoms with Crippen molar-refractivity contribution in [3.8, 4) is 11.4 Å². The van der Waals surface area contributed by atoms with Gasteiger partial charge in [-0.3, -0.25) is 14.7 Å². The number of benzene rings is 1. The molecule has 7 nitrogen and oxygen atoms in total. The molecule has 0 saturated heterocycles. The number of allylic oxidation sites excluding steroid dienone is 1. The van der Waals surface area contributed by atoms with Crippen LogP contribution in [-0.2, 0) is 11.3 Å². The second kappa shape index (κ2) is 8.83. The van der Waals surface area contributed by atoms with Crippen molar-refractivity contribution in [2.45, 2.75) is 18.6 Å². The van der Waals surface area contributed by atoms with Crippen molar-refractivity contribution in [2.24, 2.45) is 0 Å². The minimum absolute atomic E-state index is 0.162. The normalized spacial score (nSPS) is 10.8. The molecule has 0 bridgehead atoms. The van der Waals surface area contributed by atoms with Gasteiger partial charge < -0.3 is 0 Å². The average Bonchev–Trinajstić information content (AvgIpc) is 3.22. The highest BCUT2D eigenvalue weighted by Crippen LogP contribution is 2.29. The molecule has 27 heavy (non-hydrogen) atoms. The van der Waals surface area contributed by atoms with Crippen LogP contribution in [-0.4, -0.2) is 36.6 Å². The SMILES string of the molecule is C=CCn1c(SCC(=O)Nc2nnc(C)s2)nnc1-c1ccc(Cl)c(Cl)c1. The summed E-state index contributed by atoms with van der Waals surface area (Å²) in [4.78, 5) is 12.1. The number of aryl methyl sites for hydroxylation is 1. The van der Waals surface area contributed by atoms with Crippen molar-refractivity contribution in [1.29, 1.82) is 0 Å². The van der Waals surface area contributed by atoms with Gasteiger partial charge in [-0.1, -0.05) is 52.4 Å². The van der Waals surface area contributed by atoms with Crippen LogP contribution in [0.2, 0.25) is 10.0 Å². The highest BCUT2D eigenvalue weighted by atomic mass is 35.5. The number of thioether (sulfide) groups is 1. The summed E-state index contributed by atoms with van der Waals surface area (Å²) in [6.45, 7) is 6.08. The molecule has 11 heteroatoms. The van der Waals surface area contributed by atoms with Crippen LogP contribution in [0.15, 0.2) is 36.0 Å². The first-order valence-corrected chi connectivity index (χ1v) is 10.3. The van der Waals surface area contributed by atoms with E-state index in [0.29, 0.717) is 32.7 Å². The minimum atomic E-state index is -0.194. The van der Waals surface area contributed by atoms with Crippen LogP contribution in [0.1, 0.15) is 5.01 Å². The van der Waals surface area contributed by atoms with Crippen molar-refractivity contribution >= 4 is 57.3 Å². The highest BCUT2D eigenvalue weighted by molar-refractivity contribution is 7.99. The van der Waals surface area contributed by atoms with Crippen LogP contribution in [0.3, 0.4) is 0 Å². The first kappa shape index (κ1) is 19.8. The van der Waals surface area contributed by atoms with Gasteiger partial charge in [-0.15, -0.1) is 27.0 Å². The zero-order chi connectivity index (χ0) is 19.4. The second-order valence-electron chi connectivity index (χ2n) is 5.30. The van der Waals surface area contributed by atoms with Gasteiger partial charge in [0, 0.05) is 12.1 Å². The first-order valence-electron chi connectivity index (χ1n) is 7.70. The zero-order valence-corrected chi connectivity index (χ0v) is 17.3. The number of nitrogens with zero attached hydrogens (tertiary/aromatic N) is 5. The Balaban J connectivity index is 1.75. The van der Waals surface area contributed by atoms with E-state index in [1.807, 2.05) is 17.6 Å². The molecule has 2 aromatic heterocycles. The Bertz CT molecular complexity index is 987. The lowest BCUT2D eigenvalue weighted by Gasteiger charge is -2.08. The molecular formula is C16H14Cl2N6OS2. The van der Waals surface area contributed by atoms with E-state index < -0.39 is 0 Å². The van der Waals surface area contributed by atoms with Gasteiger partial charge in [-0.05, 0) is 25.1 Å². The Morgan fingerprint density at radius 1 is 1.30 bits per heavy atom. The largest absolute Gasteiger partial charge is 0.300 e. The molecule has 3 aromatic rings. The summed E-state index contributed by atoms with van der Waals surface area (Å²) in [7, 11) is 0. The maximum absolute atomic E-state index is 12.1. The summed E-state index contributed by atoms with van der Waals surface area (Å²) in [5, 5.41) is 21.6. The van der Waals surface area contributed by atoms with Crippen LogP contribution in [0.5, 0.6) is 0 Å². The van der Waals surface area contributed by atoms with Gasteiger partial charge in [0.1, 0.15) is 5.01 Å². The van der Waals surface area contributed by atoms with E-state index >= 15 is 0 Å². The third-order valence-corrected chi connectivity index (χ3v) is 5.77. The molecule has 0 saturated carbocycles. The second-order valence-corrected chi connectivity index (χ2v) is 8.24. The number of carbonyl (C=O) groups excluding carboxylic acids is 1. The van der Waals surface area contributed by atoms with Crippen LogP contribution in [0, 0.1) is 6.92 Å². The molecule has 0 aliphatic carbocycles. The van der Waals surface area contributed by atoms with Crippen molar-refractivity contribution in [3.63, 3.8) is 0 Å². The summed E-state index contributed by atoms with van der Waals surface area (Å²) in [6.07, 6.45) is 1.73. The van der Waals surface area contributed by atoms with E-state index in [4.69, 9.17) is 23.2 Å². The molecule has 0 unspecified atom stereocenters. The lowest BCUT2D eigenvalue weighted by atomic mass is 10.2. The third kappa shape index (κ3) is 4.86. The first-order chi connectivity index (χ1) is 13.0. The summed E-state index contributed by atoms with van der Waals surface area (Å²) in [5.74, 6) is 0.589. The number of carbonyl (C=O) groups is 1. The maximum atomic E-state index is 12.1. The number of halogens is 2. The smallest absolute Gasteiger partial charge is 0.236 e. The fraction of sp³-hybridized carbons (Fsp3) is 0.188. The predicted molar refractivity (Wildman–Crippen MR) is 110 cm³/mol. The summed E-state index contributed by atoms with van der Waals surface area (Å²) < 4.78 is 1.86. The number of rotatable bonds is 7. The minimum Gasteiger partial charge on any atom is -0.300 e. The molecule has 3 rings (SSSR count). The van der Waals surface area contributed by atoms with Gasteiger partial charge in [-0.25, -0.2) is 0 Å². The van der Waals surface area contributed by atoms with Crippen molar-refractivity contribution in [3.05, 3.63) is 45.9 Å². The van der Waals surface area contributed by atoms with E-state index in [1.165, 1.54) is 23.1 Å². The van der Waals surface area contributed by atoms with Crippen molar-refractivity contribution < 1.29 is 4.79 Å². The summed E-state index contributed by atoms with van der Waals surface area (Å²) >= 11 is 14.7. The maximum Gasteiger partial charge on any atom is 0.236 e. The number of amides is 1. The molecule has 2 heterocycles. The molecule has 0 atom stereocenters. The topological polar surface area (TPSA) is 85.6 Å². The van der Waals surface area contributed by atoms with Gasteiger partial charge in [0.2, 0.25) is 11.0 Å². The molecule has 1 N–H and O–H groups in total. The Morgan fingerprint density at radius 3 is 2.78 bits per heavy atom. The lowest BCUT2D eigenvalue weighted by Crippen LogP contribution is -2.14. The summed E-state index contributed by atoms with van der Waals surface area (Å²) in [5.41, 5.74) is 0.777. The van der Waals surface area contributed by atoms with Gasteiger partial charge >= 0.3 is 0 Å². The van der Waals surface area contributed by atoms with E-state index in [1.54, 1.807) is 18.2 Å². The van der Waals surface area contributed by atoms with E-state index in [0.717, 1.165) is 10.6 Å². The van der Waals surface area contributed by atoms with Gasteiger partial charge in [-0.2, -0.15) is 0 Å². The van der Waals surface area contributed by atoms with Gasteiger partial charge in [0.25, 0.3) is 0 Å². The number of anilines is 1. The fourth-order valence-corrected chi connectivity index (χ4v) is 3.82. The highest BCUT2D eigenvalue weighted by Gasteiger charge is 2.16. The monoisotopic (exact) mass is 440 g/mol. The Morgan fingerprint density at radius 2 is 2.11 bits per heavy atom. The summed E-state index contributed by atoms with van der Waals surface area (Å²) in [6, 6.07) is 5.25. The molecule has 0 fully saturated rings. The molecular weight excluding hydrogens is 427 g/mol. The lowest BCUT2D eigenvalue weighted by molar-refractivity contribution is -0.113. The Labute approximate surface area is 173 Å². The predicted octanol–water partition coefficient (Wildman–Crippen LogP) is 4.33. The van der Waals surface area contributed by atoms with Gasteiger partial charge in [0.15, 0.2) is 11.0 Å². The quantitative estimate of drug-likeness (QED) is 0.434. The molecule has 0 spiro atoms. The van der Waals surface area contributed by atoms with Crippen LogP contribution >= 0.6 is 46.3 Å². The number of nitrogens with one attached hydrogen (secondary N) is 1. The van der Waals surface area contributed by atoms with Crippen LogP contribution in [0.4, 0.5) is 5.13 Å². The fourth-order valence-electron chi connectivity index (χ4n) is 2.17. The molecule has 140 valence electrons. The number of hydrogen-bond donors (Lipinski definition) is 1. The van der Waals surface area contributed by atoms with Crippen LogP contribution in [0.25, 0.3) is 11.4 Å². The third-order valence-electron chi connectivity index (χ3n) is 3.31. The van der Waals surface area contributed by atoms with E-state index in [2.05, 4.69) is 32.3 Å². The van der Waals surface area contributed by atoms with Crippen LogP contribution < -0.4 is 5.32 Å². The van der Waals surface area contributed by atoms with Crippen molar-refractivity contribution in [1.82, 2.24) is 25.0 Å². The molecule has 0 aliphatic heterocycles.